The second kappa shape index (κ2) is 3.79. The molecule has 0 radical (unpaired) electrons. The lowest BCUT2D eigenvalue weighted by Crippen LogP contribution is -2.06. The number of benzene rings is 1. The molecule has 2 heteroatoms. The van der Waals surface area contributed by atoms with Crippen molar-refractivity contribution >= 4 is 0 Å². The lowest BCUT2D eigenvalue weighted by molar-refractivity contribution is 0.465. The maximum absolute atomic E-state index is 9.70. The summed E-state index contributed by atoms with van der Waals surface area (Å²) in [6.45, 7) is 6.55. The van der Waals surface area contributed by atoms with E-state index in [1.807, 2.05) is 19.9 Å². The van der Waals surface area contributed by atoms with E-state index in [4.69, 9.17) is 5.73 Å². The minimum Gasteiger partial charge on any atom is -0.507 e. The molecule has 0 amide bonds. The third-order valence-electron chi connectivity index (χ3n) is 2.48. The second-order valence-corrected chi connectivity index (χ2v) is 3.50. The van der Waals surface area contributed by atoms with Gasteiger partial charge in [-0.15, -0.1) is 0 Å². The Hall–Kier alpha value is -1.02. The zero-order valence-corrected chi connectivity index (χ0v) is 8.52. The Morgan fingerprint density at radius 2 is 1.85 bits per heavy atom. The van der Waals surface area contributed by atoms with Gasteiger partial charge in [0.2, 0.25) is 0 Å². The molecule has 13 heavy (non-hydrogen) atoms. The highest BCUT2D eigenvalue weighted by Gasteiger charge is 2.08. The molecule has 2 nitrogen and oxygen atoms in total. The van der Waals surface area contributed by atoms with Crippen molar-refractivity contribution in [1.82, 2.24) is 0 Å². The fourth-order valence-corrected chi connectivity index (χ4v) is 1.74. The molecule has 1 aromatic rings. The molecule has 0 atom stereocenters. The van der Waals surface area contributed by atoms with Crippen LogP contribution in [0.2, 0.25) is 0 Å². The SMILES string of the molecule is Cc1cc(C)c(CCN)c(C)c1O. The van der Waals surface area contributed by atoms with Crippen molar-refractivity contribution in [3.8, 4) is 5.75 Å². The highest BCUT2D eigenvalue weighted by atomic mass is 16.3. The highest BCUT2D eigenvalue weighted by molar-refractivity contribution is 5.48. The Kier molecular flexibility index (Phi) is 2.94. The quantitative estimate of drug-likeness (QED) is 0.727. The predicted molar refractivity (Wildman–Crippen MR) is 55.1 cm³/mol. The van der Waals surface area contributed by atoms with Gasteiger partial charge in [-0.3, -0.25) is 0 Å². The van der Waals surface area contributed by atoms with Gasteiger partial charge < -0.3 is 10.8 Å². The lowest BCUT2D eigenvalue weighted by Gasteiger charge is -2.12. The zero-order chi connectivity index (χ0) is 10.0. The van der Waals surface area contributed by atoms with Crippen molar-refractivity contribution in [2.24, 2.45) is 5.73 Å². The zero-order valence-electron chi connectivity index (χ0n) is 8.52. The van der Waals surface area contributed by atoms with Crippen LogP contribution in [-0.4, -0.2) is 11.7 Å². The maximum atomic E-state index is 9.70. The number of rotatable bonds is 2. The summed E-state index contributed by atoms with van der Waals surface area (Å²) in [5.41, 5.74) is 9.83. The molecule has 0 unspecified atom stereocenters. The first-order valence-electron chi connectivity index (χ1n) is 4.56. The smallest absolute Gasteiger partial charge is 0.121 e. The van der Waals surface area contributed by atoms with Gasteiger partial charge in [0.1, 0.15) is 5.75 Å². The Morgan fingerprint density at radius 3 is 2.38 bits per heavy atom. The van der Waals surface area contributed by atoms with Gasteiger partial charge in [0.05, 0.1) is 0 Å². The van der Waals surface area contributed by atoms with Crippen LogP contribution in [0, 0.1) is 20.8 Å². The molecule has 0 aliphatic rings. The van der Waals surface area contributed by atoms with Crippen LogP contribution in [0.1, 0.15) is 22.3 Å². The Balaban J connectivity index is 3.26. The van der Waals surface area contributed by atoms with Gasteiger partial charge in [0, 0.05) is 0 Å². The molecule has 0 aliphatic carbocycles. The fourth-order valence-electron chi connectivity index (χ4n) is 1.74. The lowest BCUT2D eigenvalue weighted by atomic mass is 9.96. The minimum absolute atomic E-state index is 0.411. The summed E-state index contributed by atoms with van der Waals surface area (Å²) in [4.78, 5) is 0. The van der Waals surface area contributed by atoms with Crippen LogP contribution >= 0.6 is 0 Å². The van der Waals surface area contributed by atoms with Crippen LogP contribution in [0.15, 0.2) is 6.07 Å². The maximum Gasteiger partial charge on any atom is 0.121 e. The van der Waals surface area contributed by atoms with E-state index in [1.54, 1.807) is 0 Å². The minimum atomic E-state index is 0.411. The summed E-state index contributed by atoms with van der Waals surface area (Å²) in [7, 11) is 0. The summed E-state index contributed by atoms with van der Waals surface area (Å²) in [5, 5.41) is 9.70. The van der Waals surface area contributed by atoms with Gasteiger partial charge >= 0.3 is 0 Å². The van der Waals surface area contributed by atoms with E-state index in [9.17, 15) is 5.11 Å². The van der Waals surface area contributed by atoms with Crippen LogP contribution in [0.3, 0.4) is 0 Å². The third kappa shape index (κ3) is 1.83. The first-order chi connectivity index (χ1) is 6.07. The highest BCUT2D eigenvalue weighted by Crippen LogP contribution is 2.27. The van der Waals surface area contributed by atoms with E-state index in [1.165, 1.54) is 11.1 Å². The summed E-state index contributed by atoms with van der Waals surface area (Å²) in [6, 6.07) is 2.01. The van der Waals surface area contributed by atoms with Gasteiger partial charge in [-0.05, 0) is 56.0 Å². The fraction of sp³-hybridized carbons (Fsp3) is 0.455. The molecule has 0 bridgehead atoms. The number of phenols is 1. The normalized spacial score (nSPS) is 10.5. The average Bonchev–Trinajstić information content (AvgIpc) is 2.09. The molecule has 0 heterocycles. The van der Waals surface area contributed by atoms with Crippen molar-refractivity contribution < 1.29 is 5.11 Å². The summed E-state index contributed by atoms with van der Waals surface area (Å²) in [5.74, 6) is 0.411. The molecule has 0 fully saturated rings. The van der Waals surface area contributed by atoms with Crippen molar-refractivity contribution in [3.63, 3.8) is 0 Å². The Labute approximate surface area is 79.4 Å². The number of aryl methyl sites for hydroxylation is 2. The topological polar surface area (TPSA) is 46.2 Å². The molecule has 0 aromatic heterocycles. The Morgan fingerprint density at radius 1 is 1.23 bits per heavy atom. The van der Waals surface area contributed by atoms with Gasteiger partial charge in [-0.1, -0.05) is 6.07 Å². The molecular formula is C11H17NO. The molecule has 0 aliphatic heterocycles. The van der Waals surface area contributed by atoms with Crippen LogP contribution in [0.25, 0.3) is 0 Å². The molecular weight excluding hydrogens is 162 g/mol. The Bertz CT molecular complexity index is 318. The van der Waals surface area contributed by atoms with E-state index < -0.39 is 0 Å². The first kappa shape index (κ1) is 10.1. The van der Waals surface area contributed by atoms with Gasteiger partial charge in [0.25, 0.3) is 0 Å². The first-order valence-corrected chi connectivity index (χ1v) is 4.56. The number of aromatic hydroxyl groups is 1. The molecule has 0 saturated heterocycles. The number of hydrogen-bond acceptors (Lipinski definition) is 2. The van der Waals surface area contributed by atoms with E-state index >= 15 is 0 Å². The molecule has 0 spiro atoms. The van der Waals surface area contributed by atoms with Crippen LogP contribution in [0.5, 0.6) is 5.75 Å². The molecule has 72 valence electrons. The summed E-state index contributed by atoms with van der Waals surface area (Å²) >= 11 is 0. The summed E-state index contributed by atoms with van der Waals surface area (Å²) in [6.07, 6.45) is 0.839. The summed E-state index contributed by atoms with van der Waals surface area (Å²) < 4.78 is 0. The van der Waals surface area contributed by atoms with Crippen molar-refractivity contribution in [3.05, 3.63) is 28.3 Å². The molecule has 3 N–H and O–H groups in total. The van der Waals surface area contributed by atoms with Gasteiger partial charge in [0.15, 0.2) is 0 Å². The molecule has 1 rings (SSSR count). The number of hydrogen-bond donors (Lipinski definition) is 2. The second-order valence-electron chi connectivity index (χ2n) is 3.50. The third-order valence-corrected chi connectivity index (χ3v) is 2.48. The molecule has 1 aromatic carbocycles. The van der Waals surface area contributed by atoms with E-state index in [0.29, 0.717) is 12.3 Å². The predicted octanol–water partition coefficient (Wildman–Crippen LogP) is 1.82. The largest absolute Gasteiger partial charge is 0.507 e. The molecule has 0 saturated carbocycles. The number of nitrogens with two attached hydrogens (primary N) is 1. The van der Waals surface area contributed by atoms with E-state index in [2.05, 4.69) is 6.92 Å². The van der Waals surface area contributed by atoms with Crippen LogP contribution in [0.4, 0.5) is 0 Å². The van der Waals surface area contributed by atoms with Crippen LogP contribution in [-0.2, 0) is 6.42 Å². The number of phenolic OH excluding ortho intramolecular Hbond substituents is 1. The van der Waals surface area contributed by atoms with Crippen molar-refractivity contribution in [2.75, 3.05) is 6.54 Å². The van der Waals surface area contributed by atoms with Crippen LogP contribution < -0.4 is 5.73 Å². The van der Waals surface area contributed by atoms with E-state index in [0.717, 1.165) is 17.5 Å². The average molecular weight is 179 g/mol. The van der Waals surface area contributed by atoms with E-state index in [-0.39, 0.29) is 0 Å². The van der Waals surface area contributed by atoms with Gasteiger partial charge in [-0.25, -0.2) is 0 Å². The van der Waals surface area contributed by atoms with Crippen molar-refractivity contribution in [1.29, 1.82) is 0 Å². The van der Waals surface area contributed by atoms with Gasteiger partial charge in [-0.2, -0.15) is 0 Å². The standard InChI is InChI=1S/C11H17NO/c1-7-6-8(2)11(13)9(3)10(7)4-5-12/h6,13H,4-5,12H2,1-3H3. The van der Waals surface area contributed by atoms with Crippen molar-refractivity contribution in [2.45, 2.75) is 27.2 Å². The monoisotopic (exact) mass is 179 g/mol.